The molecular weight excluding hydrogens is 516 g/mol. The highest BCUT2D eigenvalue weighted by Gasteiger charge is 2.71. The first-order chi connectivity index (χ1) is 19.1. The zero-order valence-electron chi connectivity index (χ0n) is 26.9. The molecule has 0 N–H and O–H groups in total. The normalized spacial score (nSPS) is 46.0. The molecule has 0 heterocycles. The van der Waals surface area contributed by atoms with Crippen LogP contribution in [-0.4, -0.2) is 45.5 Å². The standard InChI is InChI=1S/C35H52O6/c1-30(2)12-14-35(29(38)41-9)15-13-34(6)27(23(35)20-30)24(36)18-26-32(4)19-22(21-40-8)28(37)31(3,16-17-39-7)25(32)10-11-33(26,34)5/h18,21,23,25,27H,10-17,19-20H2,1-9H3/b22-21-/t23-,25?,27-,31-,32-,33+,34+,35-/m0/s1. The van der Waals surface area contributed by atoms with Gasteiger partial charge in [0.15, 0.2) is 11.6 Å². The number of allylic oxidation sites excluding steroid dienone is 3. The molecular formula is C35H52O6. The average molecular weight is 569 g/mol. The Morgan fingerprint density at radius 1 is 0.976 bits per heavy atom. The van der Waals surface area contributed by atoms with Crippen molar-refractivity contribution in [2.45, 2.75) is 99.3 Å². The average Bonchev–Trinajstić information content (AvgIpc) is 2.91. The monoisotopic (exact) mass is 568 g/mol. The van der Waals surface area contributed by atoms with E-state index in [2.05, 4.69) is 41.5 Å². The van der Waals surface area contributed by atoms with Gasteiger partial charge in [-0.1, -0.05) is 47.1 Å². The van der Waals surface area contributed by atoms with Crippen molar-refractivity contribution in [1.82, 2.24) is 0 Å². The third kappa shape index (κ3) is 4.01. The van der Waals surface area contributed by atoms with E-state index < -0.39 is 10.8 Å². The molecule has 0 spiro atoms. The molecule has 4 saturated carbocycles. The first kappa shape index (κ1) is 30.5. The predicted octanol–water partition coefficient (Wildman–Crippen LogP) is 6.87. The van der Waals surface area contributed by atoms with Crippen molar-refractivity contribution >= 4 is 17.5 Å². The molecule has 0 amide bonds. The van der Waals surface area contributed by atoms with Crippen LogP contribution in [0.25, 0.3) is 0 Å². The molecule has 0 aliphatic heterocycles. The molecule has 4 fully saturated rings. The van der Waals surface area contributed by atoms with E-state index in [-0.39, 0.29) is 56.9 Å². The van der Waals surface area contributed by atoms with Crippen LogP contribution in [-0.2, 0) is 28.6 Å². The van der Waals surface area contributed by atoms with E-state index in [4.69, 9.17) is 14.2 Å². The van der Waals surface area contributed by atoms with Crippen molar-refractivity contribution < 1.29 is 28.6 Å². The van der Waals surface area contributed by atoms with Gasteiger partial charge in [-0.25, -0.2) is 0 Å². The Balaban J connectivity index is 1.66. The van der Waals surface area contributed by atoms with Gasteiger partial charge < -0.3 is 14.2 Å². The summed E-state index contributed by atoms with van der Waals surface area (Å²) in [6.45, 7) is 14.2. The van der Waals surface area contributed by atoms with Crippen LogP contribution in [0.4, 0.5) is 0 Å². The minimum atomic E-state index is -0.601. The number of hydrogen-bond acceptors (Lipinski definition) is 6. The molecule has 6 nitrogen and oxygen atoms in total. The molecule has 8 atom stereocenters. The highest BCUT2D eigenvalue weighted by atomic mass is 16.5. The summed E-state index contributed by atoms with van der Waals surface area (Å²) in [4.78, 5) is 42.1. The van der Waals surface area contributed by atoms with Crippen LogP contribution in [0.1, 0.15) is 99.3 Å². The summed E-state index contributed by atoms with van der Waals surface area (Å²) < 4.78 is 16.4. The van der Waals surface area contributed by atoms with E-state index in [1.807, 2.05) is 6.08 Å². The van der Waals surface area contributed by atoms with Gasteiger partial charge in [0, 0.05) is 30.6 Å². The van der Waals surface area contributed by atoms with Crippen LogP contribution in [0.2, 0.25) is 0 Å². The molecule has 228 valence electrons. The SMILES string of the molecule is CO/C=C1/C[C@]2(C)C3=CC(=O)[C@@H]4[C@@H]5CC(C)(C)CC[C@]5(C(=O)OC)CC[C@@]4(C)[C@]3(C)CCC2[C@](C)(CCOC)C1=O. The molecule has 5 aliphatic rings. The topological polar surface area (TPSA) is 78.9 Å². The molecule has 0 aromatic rings. The maximum absolute atomic E-state index is 14.6. The molecule has 41 heavy (non-hydrogen) atoms. The first-order valence-corrected chi connectivity index (χ1v) is 15.7. The summed E-state index contributed by atoms with van der Waals surface area (Å²) in [5.74, 6) is 0.0456. The van der Waals surface area contributed by atoms with E-state index in [0.29, 0.717) is 25.0 Å². The summed E-state index contributed by atoms with van der Waals surface area (Å²) in [7, 11) is 4.79. The van der Waals surface area contributed by atoms with Gasteiger partial charge in [-0.2, -0.15) is 0 Å². The Labute approximate surface area is 247 Å². The van der Waals surface area contributed by atoms with E-state index in [1.165, 1.54) is 12.7 Å². The number of ether oxygens (including phenoxy) is 3. The first-order valence-electron chi connectivity index (χ1n) is 15.7. The molecule has 0 bridgehead atoms. The molecule has 0 radical (unpaired) electrons. The van der Waals surface area contributed by atoms with E-state index in [9.17, 15) is 14.4 Å². The van der Waals surface area contributed by atoms with Crippen LogP contribution < -0.4 is 0 Å². The van der Waals surface area contributed by atoms with Gasteiger partial charge in [0.05, 0.1) is 25.9 Å². The second-order valence-electron chi connectivity index (χ2n) is 15.9. The van der Waals surface area contributed by atoms with Crippen molar-refractivity contribution in [3.63, 3.8) is 0 Å². The van der Waals surface area contributed by atoms with E-state index in [0.717, 1.165) is 44.9 Å². The summed E-state index contributed by atoms with van der Waals surface area (Å²) in [6, 6.07) is 0. The highest BCUT2D eigenvalue weighted by molar-refractivity contribution is 6.02. The Morgan fingerprint density at radius 2 is 1.66 bits per heavy atom. The zero-order chi connectivity index (χ0) is 30.2. The van der Waals surface area contributed by atoms with Gasteiger partial charge in [-0.15, -0.1) is 0 Å². The van der Waals surface area contributed by atoms with Gasteiger partial charge in [0.2, 0.25) is 0 Å². The van der Waals surface area contributed by atoms with Crippen molar-refractivity contribution in [1.29, 1.82) is 0 Å². The maximum Gasteiger partial charge on any atom is 0.312 e. The van der Waals surface area contributed by atoms with Crippen molar-refractivity contribution in [3.05, 3.63) is 23.5 Å². The quantitative estimate of drug-likeness (QED) is 0.205. The fourth-order valence-corrected chi connectivity index (χ4v) is 11.1. The number of Topliss-reactive ketones (excluding diaryl/α,β-unsaturated/α-hetero) is 1. The van der Waals surface area contributed by atoms with Gasteiger partial charge in [-0.05, 0) is 97.4 Å². The lowest BCUT2D eigenvalue weighted by Crippen LogP contribution is -2.66. The molecule has 0 aromatic heterocycles. The molecule has 5 aliphatic carbocycles. The number of hydrogen-bond donors (Lipinski definition) is 0. The van der Waals surface area contributed by atoms with E-state index in [1.54, 1.807) is 20.5 Å². The fourth-order valence-electron chi connectivity index (χ4n) is 11.1. The number of carbonyl (C=O) groups is 3. The largest absolute Gasteiger partial charge is 0.504 e. The smallest absolute Gasteiger partial charge is 0.312 e. The van der Waals surface area contributed by atoms with Crippen molar-refractivity contribution in [3.8, 4) is 0 Å². The van der Waals surface area contributed by atoms with Crippen LogP contribution in [0.15, 0.2) is 23.5 Å². The zero-order valence-corrected chi connectivity index (χ0v) is 26.9. The third-order valence-electron chi connectivity index (χ3n) is 13.5. The van der Waals surface area contributed by atoms with Gasteiger partial charge in [-0.3, -0.25) is 14.4 Å². The second-order valence-corrected chi connectivity index (χ2v) is 15.9. The Bertz CT molecular complexity index is 1200. The van der Waals surface area contributed by atoms with E-state index >= 15 is 0 Å². The van der Waals surface area contributed by atoms with Crippen LogP contribution >= 0.6 is 0 Å². The maximum atomic E-state index is 14.6. The highest BCUT2D eigenvalue weighted by Crippen LogP contribution is 2.75. The fraction of sp³-hybridized carbons (Fsp3) is 0.800. The third-order valence-corrected chi connectivity index (χ3v) is 13.5. The summed E-state index contributed by atoms with van der Waals surface area (Å²) in [5, 5.41) is 0. The van der Waals surface area contributed by atoms with Gasteiger partial charge in [0.1, 0.15) is 0 Å². The number of ketones is 2. The number of methoxy groups -OCH3 is 3. The lowest BCUT2D eigenvalue weighted by molar-refractivity contribution is -0.192. The minimum Gasteiger partial charge on any atom is -0.504 e. The van der Waals surface area contributed by atoms with Crippen LogP contribution in [0, 0.1) is 50.2 Å². The number of fused-ring (bicyclic) bond motifs is 7. The summed E-state index contributed by atoms with van der Waals surface area (Å²) >= 11 is 0. The molecule has 0 saturated heterocycles. The summed E-state index contributed by atoms with van der Waals surface area (Å²) in [6.07, 6.45) is 10.9. The lowest BCUT2D eigenvalue weighted by Gasteiger charge is -2.69. The van der Waals surface area contributed by atoms with Gasteiger partial charge in [0.25, 0.3) is 0 Å². The minimum absolute atomic E-state index is 0.0334. The predicted molar refractivity (Wildman–Crippen MR) is 158 cm³/mol. The molecule has 1 unspecified atom stereocenters. The lowest BCUT2D eigenvalue weighted by atomic mass is 9.33. The molecule has 6 heteroatoms. The van der Waals surface area contributed by atoms with Crippen molar-refractivity contribution in [2.75, 3.05) is 27.9 Å². The van der Waals surface area contributed by atoms with Gasteiger partial charge >= 0.3 is 5.97 Å². The Hall–Kier alpha value is -1.95. The Morgan fingerprint density at radius 3 is 2.29 bits per heavy atom. The number of esters is 1. The number of rotatable bonds is 5. The molecule has 5 rings (SSSR count). The number of carbonyl (C=O) groups excluding carboxylic acids is 3. The van der Waals surface area contributed by atoms with Crippen LogP contribution in [0.5, 0.6) is 0 Å². The second kappa shape index (κ2) is 9.79. The summed E-state index contributed by atoms with van der Waals surface area (Å²) in [5.41, 5.74) is -0.0642. The van der Waals surface area contributed by atoms with Crippen molar-refractivity contribution in [2.24, 2.45) is 50.2 Å². The Kier molecular flexibility index (Phi) is 7.28. The molecule has 0 aromatic carbocycles. The van der Waals surface area contributed by atoms with Crippen LogP contribution in [0.3, 0.4) is 0 Å².